The molecule has 0 unspecified atom stereocenters. The lowest BCUT2D eigenvalue weighted by molar-refractivity contribution is 0.730. The molecule has 2 aromatic rings. The quantitative estimate of drug-likeness (QED) is 0.570. The van der Waals surface area contributed by atoms with Gasteiger partial charge in [-0.25, -0.2) is 4.98 Å². The largest absolute Gasteiger partial charge is 0.271 e. The van der Waals surface area contributed by atoms with Gasteiger partial charge in [0.05, 0.1) is 15.7 Å². The summed E-state index contributed by atoms with van der Waals surface area (Å²) in [5.41, 5.74) is 6.90. The number of aromatic nitrogens is 1. The van der Waals surface area contributed by atoms with Gasteiger partial charge in [-0.15, -0.1) is 11.3 Å². The molecule has 13 heavy (non-hydrogen) atoms. The van der Waals surface area contributed by atoms with E-state index in [0.717, 1.165) is 18.5 Å². The van der Waals surface area contributed by atoms with Gasteiger partial charge >= 0.3 is 0 Å². The number of para-hydroxylation sites is 1. The minimum Gasteiger partial charge on any atom is -0.271 e. The average molecular weight is 193 g/mol. The number of benzene rings is 1. The van der Waals surface area contributed by atoms with Crippen molar-refractivity contribution in [2.24, 2.45) is 5.84 Å². The molecule has 1 aromatic carbocycles. The smallest absolute Gasteiger partial charge is 0.0844 e. The van der Waals surface area contributed by atoms with Crippen molar-refractivity contribution in [2.45, 2.75) is 6.42 Å². The maximum atomic E-state index is 5.23. The van der Waals surface area contributed by atoms with Crippen LogP contribution in [0.3, 0.4) is 0 Å². The molecule has 0 amide bonds. The highest BCUT2D eigenvalue weighted by Gasteiger charge is 2.01. The number of nitrogens with zero attached hydrogens (tertiary/aromatic N) is 1. The second-order valence-electron chi connectivity index (χ2n) is 2.82. The molecule has 0 radical (unpaired) electrons. The third-order valence-electron chi connectivity index (χ3n) is 1.98. The second-order valence-corrected chi connectivity index (χ2v) is 3.71. The van der Waals surface area contributed by atoms with Crippen LogP contribution in [0, 0.1) is 0 Å². The number of nitrogens with two attached hydrogens (primary N) is 1. The molecule has 4 heteroatoms. The first-order chi connectivity index (χ1) is 6.42. The Balaban J connectivity index is 2.37. The van der Waals surface area contributed by atoms with Gasteiger partial charge in [-0.2, -0.15) is 0 Å². The van der Waals surface area contributed by atoms with E-state index in [2.05, 4.69) is 28.6 Å². The van der Waals surface area contributed by atoms with Crippen molar-refractivity contribution in [1.29, 1.82) is 0 Å². The monoisotopic (exact) mass is 193 g/mol. The molecule has 0 aliphatic heterocycles. The Hall–Kier alpha value is -0.970. The third kappa shape index (κ3) is 1.70. The van der Waals surface area contributed by atoms with E-state index in [1.54, 1.807) is 11.3 Å². The number of hydrogen-bond acceptors (Lipinski definition) is 4. The summed E-state index contributed by atoms with van der Waals surface area (Å²) in [7, 11) is 0. The first kappa shape index (κ1) is 8.62. The van der Waals surface area contributed by atoms with Crippen LogP contribution < -0.4 is 11.3 Å². The summed E-state index contributed by atoms with van der Waals surface area (Å²) < 4.78 is 1.24. The van der Waals surface area contributed by atoms with Crippen molar-refractivity contribution in [3.63, 3.8) is 0 Å². The van der Waals surface area contributed by atoms with E-state index in [9.17, 15) is 0 Å². The fraction of sp³-hybridized carbons (Fsp3) is 0.222. The number of fused-ring (bicyclic) bond motifs is 1. The highest BCUT2D eigenvalue weighted by Crippen LogP contribution is 2.21. The van der Waals surface area contributed by atoms with Crippen LogP contribution in [0.2, 0.25) is 0 Å². The van der Waals surface area contributed by atoms with Crippen LogP contribution in [0.25, 0.3) is 10.2 Å². The standard InChI is InChI=1S/C9H11N3S/c10-12-5-4-7-2-1-3-8-9(7)11-6-13-8/h1-3,6,12H,4-5,10H2. The number of hydrogen-bond donors (Lipinski definition) is 2. The van der Waals surface area contributed by atoms with Crippen LogP contribution in [-0.4, -0.2) is 11.5 Å². The zero-order valence-corrected chi connectivity index (χ0v) is 7.97. The lowest BCUT2D eigenvalue weighted by atomic mass is 10.1. The number of nitrogens with one attached hydrogen (secondary N) is 1. The Morgan fingerprint density at radius 2 is 2.38 bits per heavy atom. The molecule has 1 aromatic heterocycles. The summed E-state index contributed by atoms with van der Waals surface area (Å²) in [6, 6.07) is 6.25. The Morgan fingerprint density at radius 3 is 3.23 bits per heavy atom. The van der Waals surface area contributed by atoms with E-state index >= 15 is 0 Å². The zero-order valence-electron chi connectivity index (χ0n) is 7.16. The number of thiazole rings is 1. The van der Waals surface area contributed by atoms with E-state index in [4.69, 9.17) is 5.84 Å². The van der Waals surface area contributed by atoms with Crippen LogP contribution in [0.5, 0.6) is 0 Å². The lowest BCUT2D eigenvalue weighted by Crippen LogP contribution is -2.24. The van der Waals surface area contributed by atoms with Crippen molar-refractivity contribution in [1.82, 2.24) is 10.4 Å². The molecular formula is C9H11N3S. The molecule has 0 saturated heterocycles. The van der Waals surface area contributed by atoms with Crippen molar-refractivity contribution >= 4 is 21.6 Å². The maximum Gasteiger partial charge on any atom is 0.0844 e. The summed E-state index contributed by atoms with van der Waals surface area (Å²) in [6.45, 7) is 0.788. The highest BCUT2D eigenvalue weighted by molar-refractivity contribution is 7.16. The number of hydrazine groups is 1. The van der Waals surface area contributed by atoms with Crippen molar-refractivity contribution in [3.8, 4) is 0 Å². The van der Waals surface area contributed by atoms with E-state index in [0.29, 0.717) is 0 Å². The molecule has 0 fully saturated rings. The maximum absolute atomic E-state index is 5.23. The van der Waals surface area contributed by atoms with Crippen LogP contribution in [0.4, 0.5) is 0 Å². The van der Waals surface area contributed by atoms with Crippen molar-refractivity contribution in [2.75, 3.05) is 6.54 Å². The first-order valence-corrected chi connectivity index (χ1v) is 5.04. The van der Waals surface area contributed by atoms with Crippen LogP contribution in [0.15, 0.2) is 23.7 Å². The molecule has 68 valence electrons. The van der Waals surface area contributed by atoms with Gasteiger partial charge in [0.25, 0.3) is 0 Å². The summed E-state index contributed by atoms with van der Waals surface area (Å²) in [5, 5.41) is 0. The van der Waals surface area contributed by atoms with Gasteiger partial charge in [-0.3, -0.25) is 11.3 Å². The van der Waals surface area contributed by atoms with E-state index in [1.165, 1.54) is 10.3 Å². The van der Waals surface area contributed by atoms with Gasteiger partial charge in [-0.05, 0) is 18.1 Å². The Morgan fingerprint density at radius 1 is 1.46 bits per heavy atom. The first-order valence-electron chi connectivity index (χ1n) is 4.16. The Kier molecular flexibility index (Phi) is 2.54. The fourth-order valence-corrected chi connectivity index (χ4v) is 2.08. The minimum atomic E-state index is 0.788. The number of rotatable bonds is 3. The summed E-state index contributed by atoms with van der Waals surface area (Å²) in [6.07, 6.45) is 0.928. The summed E-state index contributed by atoms with van der Waals surface area (Å²) in [5.74, 6) is 5.23. The van der Waals surface area contributed by atoms with E-state index in [-0.39, 0.29) is 0 Å². The molecule has 3 N–H and O–H groups in total. The predicted octanol–water partition coefficient (Wildman–Crippen LogP) is 1.30. The average Bonchev–Trinajstić information content (AvgIpc) is 2.62. The van der Waals surface area contributed by atoms with Crippen molar-refractivity contribution in [3.05, 3.63) is 29.3 Å². The molecule has 0 bridgehead atoms. The topological polar surface area (TPSA) is 50.9 Å². The Labute approximate surface area is 80.6 Å². The zero-order chi connectivity index (χ0) is 9.10. The van der Waals surface area contributed by atoms with E-state index in [1.807, 2.05) is 5.51 Å². The van der Waals surface area contributed by atoms with Crippen molar-refractivity contribution < 1.29 is 0 Å². The lowest BCUT2D eigenvalue weighted by Gasteiger charge is -2.00. The molecule has 2 rings (SSSR count). The van der Waals surface area contributed by atoms with Gasteiger partial charge in [0.1, 0.15) is 0 Å². The van der Waals surface area contributed by atoms with Crippen LogP contribution in [0.1, 0.15) is 5.56 Å². The highest BCUT2D eigenvalue weighted by atomic mass is 32.1. The van der Waals surface area contributed by atoms with Gasteiger partial charge in [0, 0.05) is 6.54 Å². The second kappa shape index (κ2) is 3.83. The van der Waals surface area contributed by atoms with Crippen LogP contribution >= 0.6 is 11.3 Å². The molecule has 0 spiro atoms. The molecular weight excluding hydrogens is 182 g/mol. The van der Waals surface area contributed by atoms with Gasteiger partial charge < -0.3 is 0 Å². The molecule has 3 nitrogen and oxygen atoms in total. The molecule has 1 heterocycles. The van der Waals surface area contributed by atoms with Gasteiger partial charge in [0.2, 0.25) is 0 Å². The molecule has 0 atom stereocenters. The molecule has 0 aliphatic rings. The summed E-state index contributed by atoms with van der Waals surface area (Å²) >= 11 is 1.67. The van der Waals surface area contributed by atoms with E-state index < -0.39 is 0 Å². The fourth-order valence-electron chi connectivity index (χ4n) is 1.35. The van der Waals surface area contributed by atoms with Gasteiger partial charge in [-0.1, -0.05) is 12.1 Å². The third-order valence-corrected chi connectivity index (χ3v) is 2.78. The predicted molar refractivity (Wildman–Crippen MR) is 55.5 cm³/mol. The minimum absolute atomic E-state index is 0.788. The normalized spacial score (nSPS) is 10.8. The van der Waals surface area contributed by atoms with Gasteiger partial charge in [0.15, 0.2) is 0 Å². The summed E-state index contributed by atoms with van der Waals surface area (Å²) in [4.78, 5) is 4.32. The molecule has 0 saturated carbocycles. The van der Waals surface area contributed by atoms with Crippen LogP contribution in [-0.2, 0) is 6.42 Å². The Bertz CT molecular complexity index is 396. The SMILES string of the molecule is NNCCc1cccc2scnc12. The molecule has 0 aliphatic carbocycles.